The summed E-state index contributed by atoms with van der Waals surface area (Å²) in [7, 11) is 1.99. The first-order valence-electron chi connectivity index (χ1n) is 6.21. The maximum atomic E-state index is 5.69. The Morgan fingerprint density at radius 3 is 3.00 bits per heavy atom. The van der Waals surface area contributed by atoms with Crippen LogP contribution in [0.4, 0.5) is 0 Å². The molecule has 0 radical (unpaired) electrons. The Labute approximate surface area is 103 Å². The van der Waals surface area contributed by atoms with Crippen LogP contribution in [0.3, 0.4) is 0 Å². The molecule has 4 heteroatoms. The lowest BCUT2D eigenvalue weighted by Gasteiger charge is -2.21. The van der Waals surface area contributed by atoms with Crippen molar-refractivity contribution in [2.75, 3.05) is 26.7 Å². The summed E-state index contributed by atoms with van der Waals surface area (Å²) in [6, 6.07) is 8.57. The van der Waals surface area contributed by atoms with Crippen molar-refractivity contribution in [1.82, 2.24) is 16.2 Å². The van der Waals surface area contributed by atoms with Gasteiger partial charge in [-0.15, -0.1) is 0 Å². The number of hydrogen-bond acceptors (Lipinski definition) is 4. The first kappa shape index (κ1) is 12.4. The molecule has 94 valence electrons. The van der Waals surface area contributed by atoms with Gasteiger partial charge in [0.25, 0.3) is 0 Å². The van der Waals surface area contributed by atoms with Gasteiger partial charge in [0, 0.05) is 24.6 Å². The van der Waals surface area contributed by atoms with Crippen LogP contribution < -0.4 is 20.9 Å². The number of para-hydroxylation sites is 1. The smallest absolute Gasteiger partial charge is 0.124 e. The average molecular weight is 235 g/mol. The molecule has 2 unspecified atom stereocenters. The van der Waals surface area contributed by atoms with E-state index >= 15 is 0 Å². The minimum atomic E-state index is 0.310. The predicted octanol–water partition coefficient (Wildman–Crippen LogP) is 1.07. The lowest BCUT2D eigenvalue weighted by molar-refractivity contribution is 0.327. The molecule has 17 heavy (non-hydrogen) atoms. The van der Waals surface area contributed by atoms with Crippen LogP contribution in [0.2, 0.25) is 0 Å². The highest BCUT2D eigenvalue weighted by molar-refractivity contribution is 5.36. The van der Waals surface area contributed by atoms with E-state index in [0.717, 1.165) is 18.8 Å². The van der Waals surface area contributed by atoms with Crippen molar-refractivity contribution in [3.63, 3.8) is 0 Å². The van der Waals surface area contributed by atoms with E-state index < -0.39 is 0 Å². The Balaban J connectivity index is 2.20. The van der Waals surface area contributed by atoms with Crippen molar-refractivity contribution in [3.8, 4) is 5.75 Å². The molecule has 0 amide bonds. The number of rotatable bonds is 5. The van der Waals surface area contributed by atoms with E-state index in [4.69, 9.17) is 4.74 Å². The maximum Gasteiger partial charge on any atom is 0.124 e. The molecule has 0 aromatic heterocycles. The fourth-order valence-electron chi connectivity index (χ4n) is 2.34. The van der Waals surface area contributed by atoms with Crippen molar-refractivity contribution in [3.05, 3.63) is 29.8 Å². The minimum Gasteiger partial charge on any atom is -0.494 e. The number of ether oxygens (including phenoxy) is 1. The van der Waals surface area contributed by atoms with Crippen molar-refractivity contribution < 1.29 is 4.74 Å². The molecule has 0 spiro atoms. The summed E-state index contributed by atoms with van der Waals surface area (Å²) in [6.45, 7) is 4.69. The summed E-state index contributed by atoms with van der Waals surface area (Å²) in [6.07, 6.45) is 0. The van der Waals surface area contributed by atoms with E-state index in [1.165, 1.54) is 5.56 Å². The molecular weight excluding hydrogens is 214 g/mol. The highest BCUT2D eigenvalue weighted by Gasteiger charge is 2.29. The van der Waals surface area contributed by atoms with Gasteiger partial charge in [-0.05, 0) is 20.0 Å². The summed E-state index contributed by atoms with van der Waals surface area (Å²) in [5.41, 5.74) is 7.80. The van der Waals surface area contributed by atoms with Crippen molar-refractivity contribution in [1.29, 1.82) is 0 Å². The third kappa shape index (κ3) is 2.77. The maximum absolute atomic E-state index is 5.69. The molecule has 0 saturated carbocycles. The SMILES string of the molecule is CCOc1ccccc1C1NNCC1CNC. The van der Waals surface area contributed by atoms with Crippen LogP contribution >= 0.6 is 0 Å². The molecule has 2 rings (SSSR count). The molecule has 4 nitrogen and oxygen atoms in total. The second-order valence-corrected chi connectivity index (χ2v) is 4.29. The van der Waals surface area contributed by atoms with Gasteiger partial charge in [-0.25, -0.2) is 5.43 Å². The second-order valence-electron chi connectivity index (χ2n) is 4.29. The zero-order valence-corrected chi connectivity index (χ0v) is 10.5. The molecule has 1 aromatic rings. The van der Waals surface area contributed by atoms with E-state index in [2.05, 4.69) is 28.3 Å². The topological polar surface area (TPSA) is 45.3 Å². The van der Waals surface area contributed by atoms with E-state index in [-0.39, 0.29) is 0 Å². The van der Waals surface area contributed by atoms with Crippen molar-refractivity contribution in [2.24, 2.45) is 5.92 Å². The highest BCUT2D eigenvalue weighted by Crippen LogP contribution is 2.31. The monoisotopic (exact) mass is 235 g/mol. The van der Waals surface area contributed by atoms with E-state index in [0.29, 0.717) is 18.6 Å². The molecule has 1 heterocycles. The minimum absolute atomic E-state index is 0.310. The van der Waals surface area contributed by atoms with Crippen molar-refractivity contribution in [2.45, 2.75) is 13.0 Å². The molecule has 1 aliphatic heterocycles. The lowest BCUT2D eigenvalue weighted by Crippen LogP contribution is -2.27. The van der Waals surface area contributed by atoms with Gasteiger partial charge in [0.1, 0.15) is 5.75 Å². The molecule has 0 bridgehead atoms. The van der Waals surface area contributed by atoms with Gasteiger partial charge >= 0.3 is 0 Å². The summed E-state index contributed by atoms with van der Waals surface area (Å²) in [5, 5.41) is 3.24. The molecule has 2 atom stereocenters. The third-order valence-corrected chi connectivity index (χ3v) is 3.11. The van der Waals surface area contributed by atoms with Crippen LogP contribution in [0, 0.1) is 5.92 Å². The standard InChI is InChI=1S/C13H21N3O/c1-3-17-12-7-5-4-6-11(12)13-10(8-14-2)9-15-16-13/h4-7,10,13-16H,3,8-9H2,1-2H3. The van der Waals surface area contributed by atoms with E-state index in [1.807, 2.05) is 26.1 Å². The van der Waals surface area contributed by atoms with Gasteiger partial charge in [0.05, 0.1) is 12.6 Å². The van der Waals surface area contributed by atoms with E-state index in [9.17, 15) is 0 Å². The summed E-state index contributed by atoms with van der Waals surface area (Å²) in [4.78, 5) is 0. The summed E-state index contributed by atoms with van der Waals surface area (Å²) < 4.78 is 5.69. The molecule has 0 aliphatic carbocycles. The number of hydrazine groups is 1. The second kappa shape index (κ2) is 6.00. The van der Waals surface area contributed by atoms with Gasteiger partial charge in [-0.2, -0.15) is 0 Å². The fraction of sp³-hybridized carbons (Fsp3) is 0.538. The zero-order valence-electron chi connectivity index (χ0n) is 10.5. The van der Waals surface area contributed by atoms with Crippen LogP contribution in [-0.2, 0) is 0 Å². The molecule has 1 aromatic carbocycles. The zero-order chi connectivity index (χ0) is 12.1. The lowest BCUT2D eigenvalue weighted by atomic mass is 9.94. The Hall–Kier alpha value is -1.10. The Morgan fingerprint density at radius 1 is 1.41 bits per heavy atom. The molecule has 1 saturated heterocycles. The van der Waals surface area contributed by atoms with Gasteiger partial charge in [0.2, 0.25) is 0 Å². The first-order valence-corrected chi connectivity index (χ1v) is 6.21. The van der Waals surface area contributed by atoms with Crippen molar-refractivity contribution >= 4 is 0 Å². The molecular formula is C13H21N3O. The van der Waals surface area contributed by atoms with Gasteiger partial charge in [-0.3, -0.25) is 5.43 Å². The number of nitrogens with one attached hydrogen (secondary N) is 3. The Kier molecular flexibility index (Phi) is 4.36. The van der Waals surface area contributed by atoms with Crippen LogP contribution in [0.5, 0.6) is 5.75 Å². The number of benzene rings is 1. The summed E-state index contributed by atoms with van der Waals surface area (Å²) in [5.74, 6) is 1.53. The van der Waals surface area contributed by atoms with Gasteiger partial charge in [-0.1, -0.05) is 18.2 Å². The normalized spacial score (nSPS) is 23.9. The Morgan fingerprint density at radius 2 is 2.24 bits per heavy atom. The highest BCUT2D eigenvalue weighted by atomic mass is 16.5. The van der Waals surface area contributed by atoms with Crippen LogP contribution in [-0.4, -0.2) is 26.7 Å². The van der Waals surface area contributed by atoms with E-state index in [1.54, 1.807) is 0 Å². The predicted molar refractivity (Wildman–Crippen MR) is 68.9 cm³/mol. The van der Waals surface area contributed by atoms with Gasteiger partial charge in [0.15, 0.2) is 0 Å². The first-order chi connectivity index (χ1) is 8.36. The van der Waals surface area contributed by atoms with Gasteiger partial charge < -0.3 is 10.1 Å². The quantitative estimate of drug-likeness (QED) is 0.714. The average Bonchev–Trinajstić information content (AvgIpc) is 2.79. The molecule has 1 aliphatic rings. The number of hydrogen-bond donors (Lipinski definition) is 3. The van der Waals surface area contributed by atoms with Crippen LogP contribution in [0.1, 0.15) is 18.5 Å². The fourth-order valence-corrected chi connectivity index (χ4v) is 2.34. The summed E-state index contributed by atoms with van der Waals surface area (Å²) >= 11 is 0. The Bertz CT molecular complexity index is 356. The molecule has 1 fully saturated rings. The largest absolute Gasteiger partial charge is 0.494 e. The molecule has 3 N–H and O–H groups in total. The van der Waals surface area contributed by atoms with Crippen LogP contribution in [0.25, 0.3) is 0 Å². The van der Waals surface area contributed by atoms with Crippen LogP contribution in [0.15, 0.2) is 24.3 Å². The third-order valence-electron chi connectivity index (χ3n) is 3.11.